The number of hydrogen-bond acceptors (Lipinski definition) is 2. The summed E-state index contributed by atoms with van der Waals surface area (Å²) in [5.74, 6) is 0.946. The Balaban J connectivity index is 2.64. The molecule has 5 heteroatoms. The maximum Gasteiger partial charge on any atom is 0.161 e. The van der Waals surface area contributed by atoms with Crippen LogP contribution in [0.2, 0.25) is 5.15 Å². The van der Waals surface area contributed by atoms with Crippen LogP contribution in [-0.4, -0.2) is 9.97 Å². The maximum atomic E-state index is 6.22. The van der Waals surface area contributed by atoms with Gasteiger partial charge in [-0.2, -0.15) is 0 Å². The Morgan fingerprint density at radius 2 is 1.55 bits per heavy atom. The van der Waals surface area contributed by atoms with Crippen molar-refractivity contribution in [3.05, 3.63) is 43.1 Å². The summed E-state index contributed by atoms with van der Waals surface area (Å²) in [5, 5.41) is 0.455. The first kappa shape index (κ1) is 15.9. The van der Waals surface area contributed by atoms with Gasteiger partial charge in [0, 0.05) is 10.0 Å². The highest BCUT2D eigenvalue weighted by atomic mass is 79.9. The van der Waals surface area contributed by atoms with E-state index >= 15 is 0 Å². The molecule has 106 valence electrons. The van der Waals surface area contributed by atoms with E-state index in [1.165, 1.54) is 0 Å². The van der Waals surface area contributed by atoms with Crippen LogP contribution in [-0.2, 0) is 0 Å². The van der Waals surface area contributed by atoms with Gasteiger partial charge in [-0.05, 0) is 59.0 Å². The minimum atomic E-state index is 0.279. The third-order valence-electron chi connectivity index (χ3n) is 3.08. The molecule has 0 atom stereocenters. The fourth-order valence-electron chi connectivity index (χ4n) is 2.02. The minimum Gasteiger partial charge on any atom is -0.232 e. The molecule has 0 unspecified atom stereocenters. The van der Waals surface area contributed by atoms with E-state index in [1.54, 1.807) is 0 Å². The summed E-state index contributed by atoms with van der Waals surface area (Å²) >= 11 is 13.3. The van der Waals surface area contributed by atoms with Gasteiger partial charge in [-0.25, -0.2) is 9.97 Å². The van der Waals surface area contributed by atoms with E-state index in [1.807, 2.05) is 0 Å². The minimum absolute atomic E-state index is 0.279. The number of halogens is 3. The second-order valence-corrected chi connectivity index (χ2v) is 7.06. The number of rotatable bonds is 2. The summed E-state index contributed by atoms with van der Waals surface area (Å²) in [5.41, 5.74) is 4.24. The molecular weight excluding hydrogens is 403 g/mol. The number of hydrogen-bond donors (Lipinski definition) is 0. The average Bonchev–Trinajstić information content (AvgIpc) is 2.38. The van der Waals surface area contributed by atoms with Crippen molar-refractivity contribution in [1.82, 2.24) is 9.97 Å². The van der Waals surface area contributed by atoms with Crippen LogP contribution in [0, 0.1) is 13.8 Å². The molecule has 0 saturated carbocycles. The number of benzene rings is 1. The van der Waals surface area contributed by atoms with Crippen molar-refractivity contribution in [3.63, 3.8) is 0 Å². The largest absolute Gasteiger partial charge is 0.232 e. The highest BCUT2D eigenvalue weighted by molar-refractivity contribution is 9.11. The standard InChI is InChI=1S/C15H15Br2ClN2/c1-7(2)13-12(17)14(18)20-15(19-13)10-5-8(3)11(16)9(4)6-10/h5-7H,1-4H3. The summed E-state index contributed by atoms with van der Waals surface area (Å²) in [6.45, 7) is 8.30. The van der Waals surface area contributed by atoms with E-state index in [-0.39, 0.29) is 5.92 Å². The molecular formula is C15H15Br2ClN2. The van der Waals surface area contributed by atoms with Crippen LogP contribution in [0.1, 0.15) is 36.6 Å². The van der Waals surface area contributed by atoms with Crippen molar-refractivity contribution in [2.24, 2.45) is 0 Å². The molecule has 0 amide bonds. The van der Waals surface area contributed by atoms with E-state index < -0.39 is 0 Å². The van der Waals surface area contributed by atoms with Gasteiger partial charge in [0.05, 0.1) is 10.2 Å². The molecule has 2 nitrogen and oxygen atoms in total. The Labute approximate surface area is 141 Å². The van der Waals surface area contributed by atoms with Gasteiger partial charge >= 0.3 is 0 Å². The summed E-state index contributed by atoms with van der Waals surface area (Å²) in [6.07, 6.45) is 0. The molecule has 0 radical (unpaired) electrons. The van der Waals surface area contributed by atoms with Crippen molar-refractivity contribution >= 4 is 43.5 Å². The lowest BCUT2D eigenvalue weighted by Gasteiger charge is -2.12. The van der Waals surface area contributed by atoms with Gasteiger partial charge in [-0.1, -0.05) is 41.4 Å². The van der Waals surface area contributed by atoms with E-state index in [0.29, 0.717) is 11.0 Å². The van der Waals surface area contributed by atoms with Gasteiger partial charge in [0.15, 0.2) is 5.82 Å². The Bertz CT molecular complexity index is 646. The molecule has 2 aromatic rings. The lowest BCUT2D eigenvalue weighted by Crippen LogP contribution is -2.01. The Morgan fingerprint density at radius 1 is 1.00 bits per heavy atom. The molecule has 0 bridgehead atoms. The molecule has 0 spiro atoms. The molecule has 20 heavy (non-hydrogen) atoms. The molecule has 0 fully saturated rings. The van der Waals surface area contributed by atoms with Gasteiger partial charge in [-0.3, -0.25) is 0 Å². The monoisotopic (exact) mass is 416 g/mol. The van der Waals surface area contributed by atoms with Crippen LogP contribution >= 0.6 is 43.5 Å². The molecule has 0 N–H and O–H groups in total. The lowest BCUT2D eigenvalue weighted by atomic mass is 10.1. The van der Waals surface area contributed by atoms with Crippen molar-refractivity contribution < 1.29 is 0 Å². The van der Waals surface area contributed by atoms with Crippen molar-refractivity contribution in [2.45, 2.75) is 33.6 Å². The van der Waals surface area contributed by atoms with Crippen molar-refractivity contribution in [3.8, 4) is 11.4 Å². The van der Waals surface area contributed by atoms with E-state index in [0.717, 1.165) is 31.3 Å². The molecule has 1 aromatic heterocycles. The smallest absolute Gasteiger partial charge is 0.161 e. The Hall–Kier alpha value is -0.450. The molecule has 0 saturated heterocycles. The summed E-state index contributed by atoms with van der Waals surface area (Å²) in [7, 11) is 0. The number of aryl methyl sites for hydroxylation is 2. The highest BCUT2D eigenvalue weighted by Crippen LogP contribution is 2.32. The van der Waals surface area contributed by atoms with Crippen molar-refractivity contribution in [2.75, 3.05) is 0 Å². The fraction of sp³-hybridized carbons (Fsp3) is 0.333. The van der Waals surface area contributed by atoms with Crippen LogP contribution in [0.25, 0.3) is 11.4 Å². The van der Waals surface area contributed by atoms with Gasteiger partial charge in [0.25, 0.3) is 0 Å². The van der Waals surface area contributed by atoms with E-state index in [9.17, 15) is 0 Å². The van der Waals surface area contributed by atoms with Crippen LogP contribution in [0.4, 0.5) is 0 Å². The average molecular weight is 419 g/mol. The van der Waals surface area contributed by atoms with Crippen molar-refractivity contribution in [1.29, 1.82) is 0 Å². The first-order valence-corrected chi connectivity index (χ1v) is 8.27. The molecule has 0 aliphatic carbocycles. The summed E-state index contributed by atoms with van der Waals surface area (Å²) in [4.78, 5) is 9.05. The number of nitrogens with zero attached hydrogens (tertiary/aromatic N) is 2. The quantitative estimate of drug-likeness (QED) is 0.554. The van der Waals surface area contributed by atoms with Gasteiger partial charge in [0.2, 0.25) is 0 Å². The Kier molecular flexibility index (Phi) is 4.88. The molecule has 0 aliphatic rings. The lowest BCUT2D eigenvalue weighted by molar-refractivity contribution is 0.809. The van der Waals surface area contributed by atoms with Gasteiger partial charge in [-0.15, -0.1) is 0 Å². The summed E-state index contributed by atoms with van der Waals surface area (Å²) < 4.78 is 1.90. The maximum absolute atomic E-state index is 6.22. The van der Waals surface area contributed by atoms with Gasteiger partial charge < -0.3 is 0 Å². The summed E-state index contributed by atoms with van der Waals surface area (Å²) in [6, 6.07) is 4.14. The zero-order chi connectivity index (χ0) is 15.0. The predicted molar refractivity (Wildman–Crippen MR) is 91.4 cm³/mol. The molecule has 0 aliphatic heterocycles. The normalized spacial score (nSPS) is 11.2. The number of aromatic nitrogens is 2. The first-order valence-electron chi connectivity index (χ1n) is 6.31. The van der Waals surface area contributed by atoms with E-state index in [4.69, 9.17) is 11.6 Å². The zero-order valence-electron chi connectivity index (χ0n) is 11.8. The zero-order valence-corrected chi connectivity index (χ0v) is 15.7. The van der Waals surface area contributed by atoms with Crippen LogP contribution in [0.15, 0.2) is 21.1 Å². The van der Waals surface area contributed by atoms with Crippen LogP contribution in [0.3, 0.4) is 0 Å². The SMILES string of the molecule is Cc1cc(-c2nc(Cl)c(Br)c(C(C)C)n2)cc(C)c1Br. The second kappa shape index (κ2) is 6.12. The van der Waals surface area contributed by atoms with Gasteiger partial charge in [0.1, 0.15) is 5.15 Å². The van der Waals surface area contributed by atoms with E-state index in [2.05, 4.69) is 81.7 Å². The highest BCUT2D eigenvalue weighted by Gasteiger charge is 2.15. The molecule has 1 heterocycles. The molecule has 1 aromatic carbocycles. The molecule has 2 rings (SSSR count). The Morgan fingerprint density at radius 3 is 2.05 bits per heavy atom. The third-order valence-corrected chi connectivity index (χ3v) is 5.61. The fourth-order valence-corrected chi connectivity index (χ4v) is 3.06. The van der Waals surface area contributed by atoms with Crippen LogP contribution in [0.5, 0.6) is 0 Å². The van der Waals surface area contributed by atoms with Crippen LogP contribution < -0.4 is 0 Å². The topological polar surface area (TPSA) is 25.8 Å². The third kappa shape index (κ3) is 3.07. The first-order chi connectivity index (χ1) is 9.31. The second-order valence-electron chi connectivity index (χ2n) is 5.12. The predicted octanol–water partition coefficient (Wildman–Crippen LogP) is 6.06.